The van der Waals surface area contributed by atoms with Crippen molar-refractivity contribution in [3.63, 3.8) is 0 Å². The molecule has 6 heteroatoms. The van der Waals surface area contributed by atoms with E-state index in [0.29, 0.717) is 5.65 Å². The Balaban J connectivity index is 1.93. The predicted molar refractivity (Wildman–Crippen MR) is 85.5 cm³/mol. The summed E-state index contributed by atoms with van der Waals surface area (Å²) in [6.07, 6.45) is 0. The highest BCUT2D eigenvalue weighted by Crippen LogP contribution is 2.22. The SMILES string of the molecule is CC(C)(C)CN(Cc1ccccc1)c1ccc2nnnn2n1. The topological polar surface area (TPSA) is 59.2 Å². The number of hydrogen-bond acceptors (Lipinski definition) is 5. The minimum atomic E-state index is 0.159. The first-order chi connectivity index (χ1) is 10.5. The van der Waals surface area contributed by atoms with E-state index in [9.17, 15) is 0 Å². The summed E-state index contributed by atoms with van der Waals surface area (Å²) in [6, 6.07) is 14.3. The van der Waals surface area contributed by atoms with Crippen LogP contribution in [0.5, 0.6) is 0 Å². The van der Waals surface area contributed by atoms with Crippen LogP contribution in [0, 0.1) is 5.41 Å². The Morgan fingerprint density at radius 2 is 1.82 bits per heavy atom. The number of fused-ring (bicyclic) bond motifs is 1. The van der Waals surface area contributed by atoms with Gasteiger partial charge in [-0.1, -0.05) is 51.1 Å². The Kier molecular flexibility index (Phi) is 3.75. The zero-order chi connectivity index (χ0) is 15.6. The maximum Gasteiger partial charge on any atom is 0.200 e. The van der Waals surface area contributed by atoms with Gasteiger partial charge in [-0.15, -0.1) is 14.8 Å². The summed E-state index contributed by atoms with van der Waals surface area (Å²) in [4.78, 5) is 2.26. The van der Waals surface area contributed by atoms with E-state index in [4.69, 9.17) is 0 Å². The molecule has 114 valence electrons. The van der Waals surface area contributed by atoms with E-state index in [1.165, 1.54) is 10.2 Å². The first kappa shape index (κ1) is 14.4. The van der Waals surface area contributed by atoms with Gasteiger partial charge in [-0.05, 0) is 33.5 Å². The van der Waals surface area contributed by atoms with Crippen molar-refractivity contribution in [2.75, 3.05) is 11.4 Å². The first-order valence-corrected chi connectivity index (χ1v) is 7.36. The fourth-order valence-corrected chi connectivity index (χ4v) is 2.40. The molecule has 0 saturated carbocycles. The van der Waals surface area contributed by atoms with E-state index < -0.39 is 0 Å². The van der Waals surface area contributed by atoms with Gasteiger partial charge in [0.1, 0.15) is 0 Å². The molecule has 0 fully saturated rings. The fourth-order valence-electron chi connectivity index (χ4n) is 2.40. The van der Waals surface area contributed by atoms with Gasteiger partial charge in [-0.2, -0.15) is 0 Å². The van der Waals surface area contributed by atoms with Crippen LogP contribution in [0.3, 0.4) is 0 Å². The monoisotopic (exact) mass is 296 g/mol. The van der Waals surface area contributed by atoms with Crippen LogP contribution in [-0.4, -0.2) is 31.8 Å². The smallest absolute Gasteiger partial charge is 0.200 e. The highest BCUT2D eigenvalue weighted by molar-refractivity contribution is 5.45. The van der Waals surface area contributed by atoms with Gasteiger partial charge in [0.25, 0.3) is 0 Å². The molecule has 2 heterocycles. The van der Waals surface area contributed by atoms with Gasteiger partial charge in [0.05, 0.1) is 0 Å². The van der Waals surface area contributed by atoms with Gasteiger partial charge in [0, 0.05) is 13.1 Å². The molecule has 0 atom stereocenters. The van der Waals surface area contributed by atoms with Crippen LogP contribution in [0.1, 0.15) is 26.3 Å². The maximum absolute atomic E-state index is 4.52. The molecule has 1 aromatic carbocycles. The summed E-state index contributed by atoms with van der Waals surface area (Å²) in [5.41, 5.74) is 2.07. The van der Waals surface area contributed by atoms with E-state index in [-0.39, 0.29) is 5.41 Å². The third-order valence-corrected chi connectivity index (χ3v) is 3.26. The van der Waals surface area contributed by atoms with E-state index in [2.05, 4.69) is 70.6 Å². The van der Waals surface area contributed by atoms with E-state index in [1.54, 1.807) is 0 Å². The Bertz CT molecular complexity index is 744. The fraction of sp³-hybridized carbons (Fsp3) is 0.375. The summed E-state index contributed by atoms with van der Waals surface area (Å²) in [6.45, 7) is 8.36. The molecule has 0 aliphatic heterocycles. The molecule has 3 aromatic rings. The largest absolute Gasteiger partial charge is 0.350 e. The summed E-state index contributed by atoms with van der Waals surface area (Å²) in [5, 5.41) is 15.9. The highest BCUT2D eigenvalue weighted by atomic mass is 15.6. The van der Waals surface area contributed by atoms with Crippen molar-refractivity contribution >= 4 is 11.5 Å². The number of nitrogens with zero attached hydrogens (tertiary/aromatic N) is 6. The Morgan fingerprint density at radius 1 is 1.05 bits per heavy atom. The van der Waals surface area contributed by atoms with Gasteiger partial charge >= 0.3 is 0 Å². The lowest BCUT2D eigenvalue weighted by Crippen LogP contribution is -2.33. The predicted octanol–water partition coefficient (Wildman–Crippen LogP) is 2.57. The average Bonchev–Trinajstić information content (AvgIpc) is 2.93. The molecule has 3 rings (SSSR count). The molecule has 0 aliphatic rings. The molecule has 0 saturated heterocycles. The third-order valence-electron chi connectivity index (χ3n) is 3.26. The zero-order valence-corrected chi connectivity index (χ0v) is 13.1. The van der Waals surface area contributed by atoms with Crippen molar-refractivity contribution in [2.24, 2.45) is 5.41 Å². The quantitative estimate of drug-likeness (QED) is 0.740. The molecule has 0 bridgehead atoms. The van der Waals surface area contributed by atoms with Gasteiger partial charge in [-0.25, -0.2) is 0 Å². The van der Waals surface area contributed by atoms with Crippen LogP contribution in [0.4, 0.5) is 5.82 Å². The van der Waals surface area contributed by atoms with Crippen LogP contribution in [0.15, 0.2) is 42.5 Å². The number of aromatic nitrogens is 5. The second-order valence-electron chi connectivity index (χ2n) is 6.62. The van der Waals surface area contributed by atoms with Crippen LogP contribution in [-0.2, 0) is 6.54 Å². The average molecular weight is 296 g/mol. The molecule has 0 aliphatic carbocycles. The van der Waals surface area contributed by atoms with Gasteiger partial charge in [0.2, 0.25) is 0 Å². The van der Waals surface area contributed by atoms with Gasteiger partial charge in [-0.3, -0.25) is 0 Å². The van der Waals surface area contributed by atoms with Crippen LogP contribution < -0.4 is 4.90 Å². The molecular formula is C16H20N6. The summed E-state index contributed by atoms with van der Waals surface area (Å²) in [5.74, 6) is 0.874. The molecule has 0 unspecified atom stereocenters. The Morgan fingerprint density at radius 3 is 2.55 bits per heavy atom. The maximum atomic E-state index is 4.52. The molecule has 22 heavy (non-hydrogen) atoms. The number of rotatable bonds is 4. The molecule has 0 N–H and O–H groups in total. The molecule has 6 nitrogen and oxygen atoms in total. The van der Waals surface area contributed by atoms with Crippen LogP contribution in [0.2, 0.25) is 0 Å². The zero-order valence-electron chi connectivity index (χ0n) is 13.1. The first-order valence-electron chi connectivity index (χ1n) is 7.36. The summed E-state index contributed by atoms with van der Waals surface area (Å²) in [7, 11) is 0. The van der Waals surface area contributed by atoms with Crippen molar-refractivity contribution < 1.29 is 0 Å². The minimum Gasteiger partial charge on any atom is -0.350 e. The number of benzene rings is 1. The summed E-state index contributed by atoms with van der Waals surface area (Å²) >= 11 is 0. The molecule has 0 radical (unpaired) electrons. The Hall–Kier alpha value is -2.50. The standard InChI is InChI=1S/C16H20N6/c1-16(2,3)12-21(11-13-7-5-4-6-8-13)15-10-9-14-17-19-20-22(14)18-15/h4-10H,11-12H2,1-3H3. The molecule has 2 aromatic heterocycles. The van der Waals surface area contributed by atoms with Gasteiger partial charge in [0.15, 0.2) is 11.5 Å². The minimum absolute atomic E-state index is 0.159. The highest BCUT2D eigenvalue weighted by Gasteiger charge is 2.19. The third kappa shape index (κ3) is 3.39. The lowest BCUT2D eigenvalue weighted by Gasteiger charge is -2.30. The van der Waals surface area contributed by atoms with Crippen molar-refractivity contribution in [3.05, 3.63) is 48.0 Å². The lowest BCUT2D eigenvalue weighted by atomic mass is 9.96. The number of anilines is 1. The second kappa shape index (κ2) is 5.71. The number of hydrogen-bond donors (Lipinski definition) is 0. The van der Waals surface area contributed by atoms with E-state index >= 15 is 0 Å². The number of tetrazole rings is 1. The van der Waals surface area contributed by atoms with Crippen LogP contribution >= 0.6 is 0 Å². The van der Waals surface area contributed by atoms with Crippen molar-refractivity contribution in [2.45, 2.75) is 27.3 Å². The van der Waals surface area contributed by atoms with Gasteiger partial charge < -0.3 is 4.90 Å². The molecular weight excluding hydrogens is 276 g/mol. The van der Waals surface area contributed by atoms with E-state index in [1.807, 2.05) is 18.2 Å². The van der Waals surface area contributed by atoms with Crippen molar-refractivity contribution in [3.8, 4) is 0 Å². The van der Waals surface area contributed by atoms with Crippen LogP contribution in [0.25, 0.3) is 5.65 Å². The summed E-state index contributed by atoms with van der Waals surface area (Å²) < 4.78 is 1.47. The van der Waals surface area contributed by atoms with Crippen molar-refractivity contribution in [1.82, 2.24) is 25.3 Å². The molecule has 0 amide bonds. The lowest BCUT2D eigenvalue weighted by molar-refractivity contribution is 0.406. The Labute approximate surface area is 129 Å². The normalized spacial score (nSPS) is 11.8. The van der Waals surface area contributed by atoms with Crippen molar-refractivity contribution in [1.29, 1.82) is 0 Å². The van der Waals surface area contributed by atoms with E-state index in [0.717, 1.165) is 18.9 Å². The second-order valence-corrected chi connectivity index (χ2v) is 6.62. The molecule has 0 spiro atoms.